The Hall–Kier alpha value is -2.00. The van der Waals surface area contributed by atoms with E-state index < -0.39 is 0 Å². The minimum Gasteiger partial charge on any atom is -0.372 e. The number of hydrogen-bond acceptors (Lipinski definition) is 2. The van der Waals surface area contributed by atoms with Crippen molar-refractivity contribution >= 4 is 24.0 Å². The molecule has 0 aliphatic carbocycles. The summed E-state index contributed by atoms with van der Waals surface area (Å²) < 4.78 is 0. The van der Waals surface area contributed by atoms with Crippen LogP contribution in [-0.2, 0) is 6.42 Å². The Morgan fingerprint density at radius 1 is 1.00 bits per heavy atom. The van der Waals surface area contributed by atoms with Gasteiger partial charge >= 0.3 is 0 Å². The number of rotatable bonds is 7. The van der Waals surface area contributed by atoms with Crippen LogP contribution in [0, 0.1) is 0 Å². The van der Waals surface area contributed by atoms with E-state index in [0.29, 0.717) is 5.56 Å². The Morgan fingerprint density at radius 3 is 2.12 bits per heavy atom. The van der Waals surface area contributed by atoms with Crippen LogP contribution >= 0.6 is 12.4 Å². The smallest absolute Gasteiger partial charge is 0.251 e. The van der Waals surface area contributed by atoms with Gasteiger partial charge in [0.1, 0.15) is 0 Å². The molecule has 0 heterocycles. The number of anilines is 1. The molecule has 0 aliphatic rings. The molecule has 0 fully saturated rings. The SMILES string of the molecule is CCN(CC)c1ccc(C(=O)NC(C)Cc2ccccc2)cc1.Cl. The first-order valence-corrected chi connectivity index (χ1v) is 8.33. The lowest BCUT2D eigenvalue weighted by Crippen LogP contribution is -2.34. The van der Waals surface area contributed by atoms with Gasteiger partial charge in [-0.15, -0.1) is 12.4 Å². The van der Waals surface area contributed by atoms with Gasteiger partial charge in [0.15, 0.2) is 0 Å². The number of amides is 1. The highest BCUT2D eigenvalue weighted by Gasteiger charge is 2.11. The predicted octanol–water partition coefficient (Wildman–Crippen LogP) is 4.32. The maximum atomic E-state index is 12.3. The molecule has 0 aliphatic heterocycles. The first-order valence-electron chi connectivity index (χ1n) is 8.33. The summed E-state index contributed by atoms with van der Waals surface area (Å²) in [5.41, 5.74) is 3.10. The maximum absolute atomic E-state index is 12.3. The summed E-state index contributed by atoms with van der Waals surface area (Å²) >= 11 is 0. The van der Waals surface area contributed by atoms with E-state index in [2.05, 4.69) is 36.2 Å². The minimum absolute atomic E-state index is 0. The predicted molar refractivity (Wildman–Crippen MR) is 104 cm³/mol. The minimum atomic E-state index is -0.0143. The molecule has 2 aromatic rings. The third kappa shape index (κ3) is 5.57. The van der Waals surface area contributed by atoms with Crippen LogP contribution in [0.25, 0.3) is 0 Å². The maximum Gasteiger partial charge on any atom is 0.251 e. The molecule has 24 heavy (non-hydrogen) atoms. The van der Waals surface area contributed by atoms with Gasteiger partial charge in [0.2, 0.25) is 0 Å². The second kappa shape index (κ2) is 9.99. The van der Waals surface area contributed by atoms with Crippen molar-refractivity contribution in [3.8, 4) is 0 Å². The zero-order chi connectivity index (χ0) is 16.7. The molecule has 0 bridgehead atoms. The molecule has 3 nitrogen and oxygen atoms in total. The number of benzene rings is 2. The average molecular weight is 347 g/mol. The van der Waals surface area contributed by atoms with Gasteiger partial charge in [-0.2, -0.15) is 0 Å². The first-order chi connectivity index (χ1) is 11.1. The third-order valence-corrected chi connectivity index (χ3v) is 4.02. The van der Waals surface area contributed by atoms with Crippen molar-refractivity contribution in [2.24, 2.45) is 0 Å². The largest absolute Gasteiger partial charge is 0.372 e. The van der Waals surface area contributed by atoms with Crippen molar-refractivity contribution in [1.82, 2.24) is 5.32 Å². The fraction of sp³-hybridized carbons (Fsp3) is 0.350. The summed E-state index contributed by atoms with van der Waals surface area (Å²) in [6.45, 7) is 8.24. The van der Waals surface area contributed by atoms with Gasteiger partial charge in [-0.3, -0.25) is 4.79 Å². The summed E-state index contributed by atoms with van der Waals surface area (Å²) in [6.07, 6.45) is 0.837. The van der Waals surface area contributed by atoms with Crippen molar-refractivity contribution in [3.63, 3.8) is 0 Å². The molecule has 1 atom stereocenters. The van der Waals surface area contributed by atoms with Crippen molar-refractivity contribution < 1.29 is 4.79 Å². The summed E-state index contributed by atoms with van der Waals surface area (Å²) in [5, 5.41) is 3.07. The lowest BCUT2D eigenvalue weighted by atomic mass is 10.1. The lowest BCUT2D eigenvalue weighted by Gasteiger charge is -2.21. The highest BCUT2D eigenvalue weighted by atomic mass is 35.5. The van der Waals surface area contributed by atoms with Gasteiger partial charge in [0.25, 0.3) is 5.91 Å². The number of nitrogens with zero attached hydrogens (tertiary/aromatic N) is 1. The number of halogens is 1. The Bertz CT molecular complexity index is 609. The highest BCUT2D eigenvalue weighted by molar-refractivity contribution is 5.94. The van der Waals surface area contributed by atoms with E-state index in [1.54, 1.807) is 0 Å². The van der Waals surface area contributed by atoms with Crippen molar-refractivity contribution in [1.29, 1.82) is 0 Å². The number of nitrogens with one attached hydrogen (secondary N) is 1. The molecule has 130 valence electrons. The molecule has 4 heteroatoms. The zero-order valence-electron chi connectivity index (χ0n) is 14.7. The van der Waals surface area contributed by atoms with E-state index in [9.17, 15) is 4.79 Å². The van der Waals surface area contributed by atoms with Crippen LogP contribution in [0.1, 0.15) is 36.7 Å². The highest BCUT2D eigenvalue weighted by Crippen LogP contribution is 2.15. The fourth-order valence-electron chi connectivity index (χ4n) is 2.74. The molecule has 1 N–H and O–H groups in total. The molecule has 2 aromatic carbocycles. The topological polar surface area (TPSA) is 32.3 Å². The molecule has 0 spiro atoms. The van der Waals surface area contributed by atoms with E-state index in [-0.39, 0.29) is 24.4 Å². The van der Waals surface area contributed by atoms with E-state index >= 15 is 0 Å². The number of hydrogen-bond donors (Lipinski definition) is 1. The summed E-state index contributed by atoms with van der Waals surface area (Å²) in [5.74, 6) is -0.0143. The van der Waals surface area contributed by atoms with Crippen molar-refractivity contribution in [2.45, 2.75) is 33.2 Å². The summed E-state index contributed by atoms with van der Waals surface area (Å²) in [4.78, 5) is 14.6. The summed E-state index contributed by atoms with van der Waals surface area (Å²) in [6, 6.07) is 18.2. The third-order valence-electron chi connectivity index (χ3n) is 4.02. The second-order valence-electron chi connectivity index (χ2n) is 5.78. The molecule has 0 saturated carbocycles. The molecule has 0 radical (unpaired) electrons. The van der Waals surface area contributed by atoms with E-state index in [4.69, 9.17) is 0 Å². The molecular weight excluding hydrogens is 320 g/mol. The monoisotopic (exact) mass is 346 g/mol. The average Bonchev–Trinajstić information content (AvgIpc) is 2.57. The van der Waals surface area contributed by atoms with E-state index in [1.165, 1.54) is 5.56 Å². The van der Waals surface area contributed by atoms with Gasteiger partial charge < -0.3 is 10.2 Å². The zero-order valence-corrected chi connectivity index (χ0v) is 15.5. The van der Waals surface area contributed by atoms with Crippen LogP contribution in [0.4, 0.5) is 5.69 Å². The number of carbonyl (C=O) groups is 1. The normalized spacial score (nSPS) is 11.3. The second-order valence-corrected chi connectivity index (χ2v) is 5.78. The molecule has 0 saturated heterocycles. The number of carbonyl (C=O) groups excluding carboxylic acids is 1. The quantitative estimate of drug-likeness (QED) is 0.810. The standard InChI is InChI=1S/C20H26N2O.ClH/c1-4-22(5-2)19-13-11-18(12-14-19)20(23)21-16(3)15-17-9-7-6-8-10-17;/h6-14,16H,4-5,15H2,1-3H3,(H,21,23);1H. The van der Waals surface area contributed by atoms with Crippen molar-refractivity contribution in [2.75, 3.05) is 18.0 Å². The van der Waals surface area contributed by atoms with E-state index in [1.807, 2.05) is 49.4 Å². The van der Waals surface area contributed by atoms with Gasteiger partial charge in [0, 0.05) is 30.4 Å². The first kappa shape index (κ1) is 20.0. The van der Waals surface area contributed by atoms with Crippen LogP contribution in [0.5, 0.6) is 0 Å². The molecular formula is C20H27ClN2O. The molecule has 1 unspecified atom stereocenters. The Labute approximate surface area is 151 Å². The Kier molecular flexibility index (Phi) is 8.34. The van der Waals surface area contributed by atoms with Crippen LogP contribution in [-0.4, -0.2) is 25.0 Å². The van der Waals surface area contributed by atoms with Crippen LogP contribution in [0.3, 0.4) is 0 Å². The molecule has 0 aromatic heterocycles. The Balaban J connectivity index is 0.00000288. The van der Waals surface area contributed by atoms with Crippen LogP contribution in [0.2, 0.25) is 0 Å². The van der Waals surface area contributed by atoms with Gasteiger partial charge in [-0.25, -0.2) is 0 Å². The van der Waals surface area contributed by atoms with Gasteiger partial charge in [0.05, 0.1) is 0 Å². The fourth-order valence-corrected chi connectivity index (χ4v) is 2.74. The van der Waals surface area contributed by atoms with E-state index in [0.717, 1.165) is 25.2 Å². The van der Waals surface area contributed by atoms with Crippen LogP contribution < -0.4 is 10.2 Å². The molecule has 2 rings (SSSR count). The van der Waals surface area contributed by atoms with Gasteiger partial charge in [-0.05, 0) is 57.0 Å². The van der Waals surface area contributed by atoms with Crippen LogP contribution in [0.15, 0.2) is 54.6 Å². The van der Waals surface area contributed by atoms with Gasteiger partial charge in [-0.1, -0.05) is 30.3 Å². The molecule has 1 amide bonds. The summed E-state index contributed by atoms with van der Waals surface area (Å²) in [7, 11) is 0. The Morgan fingerprint density at radius 2 is 1.58 bits per heavy atom. The van der Waals surface area contributed by atoms with Crippen molar-refractivity contribution in [3.05, 3.63) is 65.7 Å². The lowest BCUT2D eigenvalue weighted by molar-refractivity contribution is 0.0940.